The summed E-state index contributed by atoms with van der Waals surface area (Å²) in [5, 5.41) is 0. The quantitative estimate of drug-likeness (QED) is 0.632. The second kappa shape index (κ2) is 5.92. The Morgan fingerprint density at radius 1 is 1.12 bits per heavy atom. The van der Waals surface area contributed by atoms with Gasteiger partial charge in [0.15, 0.2) is 0 Å². The van der Waals surface area contributed by atoms with Crippen LogP contribution in [0.15, 0.2) is 67.3 Å². The molecule has 0 aliphatic rings. The zero-order valence-corrected chi connectivity index (χ0v) is 10.0. The Morgan fingerprint density at radius 2 is 1.81 bits per heavy atom. The monoisotopic (exact) mass is 210 g/mol. The Kier molecular flexibility index (Phi) is 4.53. The van der Waals surface area contributed by atoms with Crippen LogP contribution in [0.25, 0.3) is 5.57 Å². The molecule has 0 saturated carbocycles. The van der Waals surface area contributed by atoms with Crippen LogP contribution in [0.3, 0.4) is 0 Å². The SMILES string of the molecule is C=CC(/C=C\C)=C(/C=C)c1ccccc1C. The molecule has 0 spiro atoms. The van der Waals surface area contributed by atoms with Gasteiger partial charge in [-0.3, -0.25) is 0 Å². The lowest BCUT2D eigenvalue weighted by molar-refractivity contribution is 1.42. The van der Waals surface area contributed by atoms with Crippen molar-refractivity contribution in [1.82, 2.24) is 0 Å². The van der Waals surface area contributed by atoms with Crippen molar-refractivity contribution in [2.75, 3.05) is 0 Å². The summed E-state index contributed by atoms with van der Waals surface area (Å²) >= 11 is 0. The average Bonchev–Trinajstić information content (AvgIpc) is 2.31. The molecule has 0 atom stereocenters. The third-order valence-corrected chi connectivity index (χ3v) is 2.52. The highest BCUT2D eigenvalue weighted by Crippen LogP contribution is 2.24. The van der Waals surface area contributed by atoms with E-state index in [-0.39, 0.29) is 0 Å². The van der Waals surface area contributed by atoms with Gasteiger partial charge in [-0.1, -0.05) is 61.7 Å². The molecule has 1 aromatic carbocycles. The Bertz CT molecular complexity index is 445. The fourth-order valence-electron chi connectivity index (χ4n) is 1.71. The van der Waals surface area contributed by atoms with Crippen LogP contribution in [0.5, 0.6) is 0 Å². The van der Waals surface area contributed by atoms with E-state index in [2.05, 4.69) is 38.3 Å². The van der Waals surface area contributed by atoms with Crippen LogP contribution < -0.4 is 0 Å². The molecule has 0 heteroatoms. The smallest absolute Gasteiger partial charge is 0.0115 e. The standard InChI is InChI=1S/C16H18/c1-5-10-14(6-2)15(7-3)16-12-9-8-11-13(16)4/h5-12H,2-3H2,1,4H3/b10-5-,15-14+. The average molecular weight is 210 g/mol. The summed E-state index contributed by atoms with van der Waals surface area (Å²) in [6.07, 6.45) is 7.82. The molecule has 0 aromatic heterocycles. The molecule has 16 heavy (non-hydrogen) atoms. The lowest BCUT2D eigenvalue weighted by Crippen LogP contribution is -1.89. The number of hydrogen-bond acceptors (Lipinski definition) is 0. The first kappa shape index (κ1) is 12.3. The Morgan fingerprint density at radius 3 is 2.31 bits per heavy atom. The lowest BCUT2D eigenvalue weighted by atomic mass is 9.96. The normalized spacial score (nSPS) is 12.4. The maximum Gasteiger partial charge on any atom is -0.0115 e. The van der Waals surface area contributed by atoms with Gasteiger partial charge in [0.05, 0.1) is 0 Å². The zero-order valence-electron chi connectivity index (χ0n) is 10.0. The minimum absolute atomic E-state index is 1.10. The highest BCUT2D eigenvalue weighted by atomic mass is 14.1. The lowest BCUT2D eigenvalue weighted by Gasteiger charge is -2.09. The molecular weight excluding hydrogens is 192 g/mol. The first-order valence-corrected chi connectivity index (χ1v) is 5.42. The van der Waals surface area contributed by atoms with Gasteiger partial charge >= 0.3 is 0 Å². The summed E-state index contributed by atoms with van der Waals surface area (Å²) in [6.45, 7) is 11.8. The maximum absolute atomic E-state index is 3.89. The van der Waals surface area contributed by atoms with Gasteiger partial charge in [0.2, 0.25) is 0 Å². The molecule has 0 radical (unpaired) electrons. The summed E-state index contributed by atoms with van der Waals surface area (Å²) in [4.78, 5) is 0. The molecule has 0 saturated heterocycles. The third-order valence-electron chi connectivity index (χ3n) is 2.52. The summed E-state index contributed by atoms with van der Waals surface area (Å²) < 4.78 is 0. The van der Waals surface area contributed by atoms with Crippen LogP contribution in [0.2, 0.25) is 0 Å². The summed E-state index contributed by atoms with van der Waals surface area (Å²) in [6, 6.07) is 8.31. The van der Waals surface area contributed by atoms with Crippen molar-refractivity contribution >= 4 is 5.57 Å². The van der Waals surface area contributed by atoms with Gasteiger partial charge < -0.3 is 0 Å². The van der Waals surface area contributed by atoms with E-state index in [0.29, 0.717) is 0 Å². The Hall–Kier alpha value is -1.82. The van der Waals surface area contributed by atoms with E-state index in [9.17, 15) is 0 Å². The van der Waals surface area contributed by atoms with Crippen molar-refractivity contribution < 1.29 is 0 Å². The third kappa shape index (κ3) is 2.60. The molecule has 0 unspecified atom stereocenters. The zero-order chi connectivity index (χ0) is 12.0. The molecule has 0 amide bonds. The summed E-state index contributed by atoms with van der Waals surface area (Å²) in [7, 11) is 0. The molecule has 0 nitrogen and oxygen atoms in total. The van der Waals surface area contributed by atoms with Gasteiger partial charge in [-0.15, -0.1) is 0 Å². The molecule has 0 bridgehead atoms. The molecule has 0 aliphatic carbocycles. The highest BCUT2D eigenvalue weighted by Gasteiger charge is 2.03. The largest absolute Gasteiger partial charge is 0.0984 e. The number of rotatable bonds is 4. The number of aryl methyl sites for hydroxylation is 1. The minimum Gasteiger partial charge on any atom is -0.0984 e. The predicted molar refractivity (Wildman–Crippen MR) is 73.3 cm³/mol. The van der Waals surface area contributed by atoms with Crippen LogP contribution in [0.1, 0.15) is 18.1 Å². The van der Waals surface area contributed by atoms with Gasteiger partial charge in [0.25, 0.3) is 0 Å². The van der Waals surface area contributed by atoms with Gasteiger partial charge in [-0.25, -0.2) is 0 Å². The van der Waals surface area contributed by atoms with E-state index in [1.165, 1.54) is 11.1 Å². The van der Waals surface area contributed by atoms with Crippen LogP contribution in [0, 0.1) is 6.92 Å². The van der Waals surface area contributed by atoms with Crippen molar-refractivity contribution in [2.45, 2.75) is 13.8 Å². The van der Waals surface area contributed by atoms with Gasteiger partial charge in [-0.2, -0.15) is 0 Å². The van der Waals surface area contributed by atoms with Crippen molar-refractivity contribution in [1.29, 1.82) is 0 Å². The van der Waals surface area contributed by atoms with E-state index >= 15 is 0 Å². The van der Waals surface area contributed by atoms with E-state index in [1.807, 2.05) is 37.3 Å². The second-order valence-corrected chi connectivity index (χ2v) is 3.59. The van der Waals surface area contributed by atoms with E-state index < -0.39 is 0 Å². The summed E-state index contributed by atoms with van der Waals surface area (Å²) in [5.74, 6) is 0. The van der Waals surface area contributed by atoms with E-state index in [0.717, 1.165) is 11.1 Å². The molecule has 1 rings (SSSR count). The van der Waals surface area contributed by atoms with Crippen LogP contribution in [-0.4, -0.2) is 0 Å². The molecule has 0 fully saturated rings. The Balaban J connectivity index is 3.42. The second-order valence-electron chi connectivity index (χ2n) is 3.59. The summed E-state index contributed by atoms with van der Waals surface area (Å²) in [5.41, 5.74) is 4.70. The fourth-order valence-corrected chi connectivity index (χ4v) is 1.71. The van der Waals surface area contributed by atoms with Crippen molar-refractivity contribution in [3.63, 3.8) is 0 Å². The minimum atomic E-state index is 1.10. The van der Waals surface area contributed by atoms with Gasteiger partial charge in [-0.05, 0) is 36.1 Å². The van der Waals surface area contributed by atoms with E-state index in [4.69, 9.17) is 0 Å². The molecular formula is C16H18. The fraction of sp³-hybridized carbons (Fsp3) is 0.125. The van der Waals surface area contributed by atoms with E-state index in [1.54, 1.807) is 0 Å². The molecule has 1 aromatic rings. The first-order chi connectivity index (χ1) is 7.74. The van der Waals surface area contributed by atoms with Crippen molar-refractivity contribution in [2.24, 2.45) is 0 Å². The number of hydrogen-bond donors (Lipinski definition) is 0. The van der Waals surface area contributed by atoms with Gasteiger partial charge in [0.1, 0.15) is 0 Å². The number of benzene rings is 1. The maximum atomic E-state index is 3.89. The van der Waals surface area contributed by atoms with Crippen LogP contribution in [0.4, 0.5) is 0 Å². The van der Waals surface area contributed by atoms with Crippen LogP contribution >= 0.6 is 0 Å². The molecule has 0 aliphatic heterocycles. The predicted octanol–water partition coefficient (Wildman–Crippen LogP) is 4.70. The van der Waals surface area contributed by atoms with Crippen molar-refractivity contribution in [3.05, 3.63) is 78.4 Å². The van der Waals surface area contributed by atoms with Crippen molar-refractivity contribution in [3.8, 4) is 0 Å². The Labute approximate surface area is 98.3 Å². The van der Waals surface area contributed by atoms with Gasteiger partial charge in [0, 0.05) is 0 Å². The molecule has 0 N–H and O–H groups in total. The molecule has 0 heterocycles. The topological polar surface area (TPSA) is 0 Å². The van der Waals surface area contributed by atoms with Crippen LogP contribution in [-0.2, 0) is 0 Å². The highest BCUT2D eigenvalue weighted by molar-refractivity contribution is 5.81. The first-order valence-electron chi connectivity index (χ1n) is 5.42. The number of allylic oxidation sites excluding steroid dienone is 6. The molecule has 82 valence electrons.